The summed E-state index contributed by atoms with van der Waals surface area (Å²) in [5.74, 6) is -1.83. The zero-order valence-corrected chi connectivity index (χ0v) is 14.3. The van der Waals surface area contributed by atoms with Crippen molar-refractivity contribution in [1.82, 2.24) is 0 Å². The van der Waals surface area contributed by atoms with Crippen molar-refractivity contribution >= 4 is 64.0 Å². The van der Waals surface area contributed by atoms with Gasteiger partial charge in [-0.3, -0.25) is 4.79 Å². The quantitative estimate of drug-likeness (QED) is 0.477. The van der Waals surface area contributed by atoms with Crippen LogP contribution in [0.4, 0.5) is 4.39 Å². The van der Waals surface area contributed by atoms with Crippen LogP contribution in [-0.2, 0) is 11.2 Å². The highest BCUT2D eigenvalue weighted by Crippen LogP contribution is 2.49. The summed E-state index contributed by atoms with van der Waals surface area (Å²) in [6.45, 7) is 0. The van der Waals surface area contributed by atoms with Crippen LogP contribution in [0, 0.1) is 5.82 Å². The number of hydrogen-bond acceptors (Lipinski definition) is 1. The molecule has 0 bridgehead atoms. The number of carbonyl (C=O) groups is 1. The topological polar surface area (TPSA) is 37.3 Å². The first-order chi connectivity index (χ1) is 10.3. The highest BCUT2D eigenvalue weighted by Gasteiger charge is 2.24. The molecular formula is C14H6Cl5FO2. The highest BCUT2D eigenvalue weighted by molar-refractivity contribution is 6.56. The second-order valence-corrected chi connectivity index (χ2v) is 6.18. The Morgan fingerprint density at radius 2 is 1.41 bits per heavy atom. The zero-order valence-electron chi connectivity index (χ0n) is 10.6. The molecule has 2 nitrogen and oxygen atoms in total. The minimum atomic E-state index is -1.13. The predicted octanol–water partition coefficient (Wildman–Crippen LogP) is 6.39. The van der Waals surface area contributed by atoms with Gasteiger partial charge in [0, 0.05) is 11.1 Å². The third-order valence-electron chi connectivity index (χ3n) is 2.90. The molecule has 8 heteroatoms. The van der Waals surface area contributed by atoms with Crippen LogP contribution in [0.2, 0.25) is 25.1 Å². The lowest BCUT2D eigenvalue weighted by molar-refractivity contribution is -0.136. The van der Waals surface area contributed by atoms with Crippen LogP contribution in [0.15, 0.2) is 18.2 Å². The Morgan fingerprint density at radius 3 is 1.91 bits per heavy atom. The molecule has 0 spiro atoms. The van der Waals surface area contributed by atoms with Crippen LogP contribution in [0.25, 0.3) is 11.1 Å². The maximum Gasteiger partial charge on any atom is 0.307 e. The Kier molecular flexibility index (Phi) is 5.46. The third kappa shape index (κ3) is 3.15. The lowest BCUT2D eigenvalue weighted by Crippen LogP contribution is -2.04. The smallest absolute Gasteiger partial charge is 0.307 e. The minimum Gasteiger partial charge on any atom is -0.481 e. The maximum absolute atomic E-state index is 14.3. The van der Waals surface area contributed by atoms with Crippen LogP contribution in [-0.4, -0.2) is 11.1 Å². The predicted molar refractivity (Wildman–Crippen MR) is 88.2 cm³/mol. The lowest BCUT2D eigenvalue weighted by Gasteiger charge is -2.16. The number of aliphatic carboxylic acids is 1. The number of halogens is 6. The number of carboxylic acid groups (broad SMARTS) is 1. The molecule has 0 radical (unpaired) electrons. The van der Waals surface area contributed by atoms with E-state index in [4.69, 9.17) is 63.1 Å². The highest BCUT2D eigenvalue weighted by atomic mass is 35.5. The molecular weight excluding hydrogens is 396 g/mol. The van der Waals surface area contributed by atoms with Crippen molar-refractivity contribution in [3.63, 3.8) is 0 Å². The van der Waals surface area contributed by atoms with Crippen molar-refractivity contribution in [2.75, 3.05) is 0 Å². The molecule has 0 aliphatic rings. The minimum absolute atomic E-state index is 0.0112. The average molecular weight is 402 g/mol. The van der Waals surface area contributed by atoms with Gasteiger partial charge in [0.1, 0.15) is 5.82 Å². The lowest BCUT2D eigenvalue weighted by atomic mass is 9.96. The molecule has 0 heterocycles. The molecule has 0 amide bonds. The summed E-state index contributed by atoms with van der Waals surface area (Å²) < 4.78 is 14.3. The molecule has 0 atom stereocenters. The second-order valence-electron chi connectivity index (χ2n) is 4.29. The van der Waals surface area contributed by atoms with Gasteiger partial charge in [-0.25, -0.2) is 4.39 Å². The van der Waals surface area contributed by atoms with Crippen LogP contribution < -0.4 is 0 Å². The van der Waals surface area contributed by atoms with E-state index < -0.39 is 18.2 Å². The Morgan fingerprint density at radius 1 is 0.909 bits per heavy atom. The van der Waals surface area contributed by atoms with E-state index in [2.05, 4.69) is 0 Å². The maximum atomic E-state index is 14.3. The molecule has 0 aliphatic heterocycles. The van der Waals surface area contributed by atoms with E-state index in [9.17, 15) is 9.18 Å². The molecule has 2 rings (SSSR count). The van der Waals surface area contributed by atoms with E-state index >= 15 is 0 Å². The summed E-state index contributed by atoms with van der Waals surface area (Å²) in [5, 5.41) is 8.53. The van der Waals surface area contributed by atoms with Crippen LogP contribution in [0.3, 0.4) is 0 Å². The van der Waals surface area contributed by atoms with Crippen molar-refractivity contribution in [2.45, 2.75) is 6.42 Å². The summed E-state index contributed by atoms with van der Waals surface area (Å²) in [6, 6.07) is 4.00. The molecule has 1 N–H and O–H groups in total. The molecule has 0 saturated carbocycles. The third-order valence-corrected chi connectivity index (χ3v) is 5.18. The summed E-state index contributed by atoms with van der Waals surface area (Å²) >= 11 is 30.1. The van der Waals surface area contributed by atoms with Crippen LogP contribution in [0.5, 0.6) is 0 Å². The van der Waals surface area contributed by atoms with Crippen molar-refractivity contribution in [3.05, 3.63) is 54.7 Å². The number of rotatable bonds is 3. The second kappa shape index (κ2) is 6.81. The van der Waals surface area contributed by atoms with E-state index in [1.54, 1.807) is 0 Å². The fourth-order valence-corrected chi connectivity index (χ4v) is 3.31. The van der Waals surface area contributed by atoms with E-state index in [1.165, 1.54) is 12.1 Å². The molecule has 0 unspecified atom stereocenters. The first-order valence-corrected chi connectivity index (χ1v) is 7.65. The van der Waals surface area contributed by atoms with Crippen molar-refractivity contribution in [1.29, 1.82) is 0 Å². The van der Waals surface area contributed by atoms with Crippen molar-refractivity contribution < 1.29 is 14.3 Å². The van der Waals surface area contributed by atoms with Crippen molar-refractivity contribution in [3.8, 4) is 11.1 Å². The fourth-order valence-electron chi connectivity index (χ4n) is 1.98. The number of hydrogen-bond donors (Lipinski definition) is 1. The SMILES string of the molecule is O=C(O)Cc1cccc(F)c1-c1c(Cl)c(Cl)c(Cl)c(Cl)c1Cl. The van der Waals surface area contributed by atoms with Gasteiger partial charge in [-0.15, -0.1) is 0 Å². The number of carboxylic acids is 1. The Labute approximate surface area is 150 Å². The molecule has 22 heavy (non-hydrogen) atoms. The van der Waals surface area contributed by atoms with Gasteiger partial charge in [0.15, 0.2) is 0 Å². The monoisotopic (exact) mass is 400 g/mol. The summed E-state index contributed by atoms with van der Waals surface area (Å²) in [7, 11) is 0. The van der Waals surface area contributed by atoms with Crippen LogP contribution >= 0.6 is 58.0 Å². The van der Waals surface area contributed by atoms with Crippen LogP contribution in [0.1, 0.15) is 5.56 Å². The molecule has 2 aromatic carbocycles. The van der Waals surface area contributed by atoms with Gasteiger partial charge in [-0.1, -0.05) is 70.1 Å². The Balaban J connectivity index is 2.86. The summed E-state index contributed by atoms with van der Waals surface area (Å²) in [4.78, 5) is 11.0. The van der Waals surface area contributed by atoms with Gasteiger partial charge in [0.05, 0.1) is 31.5 Å². The summed E-state index contributed by atoms with van der Waals surface area (Å²) in [5.41, 5.74) is 0.128. The normalized spacial score (nSPS) is 10.8. The fraction of sp³-hybridized carbons (Fsp3) is 0.0714. The molecule has 2 aromatic rings. The van der Waals surface area contributed by atoms with E-state index in [0.29, 0.717) is 0 Å². The first kappa shape index (κ1) is 17.6. The average Bonchev–Trinajstić information content (AvgIpc) is 2.45. The molecule has 116 valence electrons. The summed E-state index contributed by atoms with van der Waals surface area (Å²) in [6.07, 6.45) is -0.419. The Bertz CT molecular complexity index is 747. The van der Waals surface area contributed by atoms with Crippen molar-refractivity contribution in [2.24, 2.45) is 0 Å². The first-order valence-electron chi connectivity index (χ1n) is 5.76. The molecule has 0 aromatic heterocycles. The van der Waals surface area contributed by atoms with Gasteiger partial charge in [0.25, 0.3) is 0 Å². The van der Waals surface area contributed by atoms with Gasteiger partial charge in [-0.2, -0.15) is 0 Å². The van der Waals surface area contributed by atoms with Gasteiger partial charge >= 0.3 is 5.97 Å². The zero-order chi connectivity index (χ0) is 16.6. The largest absolute Gasteiger partial charge is 0.481 e. The van der Waals surface area contributed by atoms with E-state index in [-0.39, 0.29) is 41.8 Å². The number of benzene rings is 2. The van der Waals surface area contributed by atoms with E-state index in [1.807, 2.05) is 0 Å². The van der Waals surface area contributed by atoms with E-state index in [0.717, 1.165) is 6.07 Å². The van der Waals surface area contributed by atoms with Gasteiger partial charge in [0.2, 0.25) is 0 Å². The van der Waals surface area contributed by atoms with Gasteiger partial charge < -0.3 is 5.11 Å². The standard InChI is InChI=1S/C14H6Cl5FO2/c15-10-9(11(16)13(18)14(19)12(10)17)8-5(4-7(21)22)2-1-3-6(8)20/h1-3H,4H2,(H,21,22). The Hall–Kier alpha value is -0.710. The molecule has 0 aliphatic carbocycles. The molecule has 0 saturated heterocycles. The van der Waals surface area contributed by atoms with Gasteiger partial charge in [-0.05, 0) is 11.6 Å². The molecule has 0 fully saturated rings.